The second kappa shape index (κ2) is 5.66. The third kappa shape index (κ3) is 3.44. The van der Waals surface area contributed by atoms with Crippen LogP contribution < -0.4 is 0 Å². The van der Waals surface area contributed by atoms with Crippen LogP contribution in [0.4, 0.5) is 0 Å². The molecule has 0 fully saturated rings. The molecular weight excluding hydrogens is 299 g/mol. The summed E-state index contributed by atoms with van der Waals surface area (Å²) < 4.78 is 0. The molecule has 0 aliphatic heterocycles. The van der Waals surface area contributed by atoms with E-state index in [1.54, 1.807) is 0 Å². The predicted molar refractivity (Wildman–Crippen MR) is 93.7 cm³/mol. The van der Waals surface area contributed by atoms with E-state index < -0.39 is 0 Å². The lowest BCUT2D eigenvalue weighted by Gasteiger charge is -2.28. The number of halogens is 2. The van der Waals surface area contributed by atoms with Gasteiger partial charge in [0, 0.05) is 15.5 Å². The van der Waals surface area contributed by atoms with Crippen LogP contribution in [-0.2, 0) is 10.8 Å². The quantitative estimate of drug-likeness (QED) is 0.583. The zero-order valence-corrected chi connectivity index (χ0v) is 14.8. The highest BCUT2D eigenvalue weighted by Crippen LogP contribution is 2.37. The summed E-state index contributed by atoms with van der Waals surface area (Å²) in [6.45, 7) is 10.9. The van der Waals surface area contributed by atoms with Gasteiger partial charge in [-0.2, -0.15) is 0 Å². The molecule has 0 aliphatic rings. The zero-order valence-electron chi connectivity index (χ0n) is 13.3. The van der Waals surface area contributed by atoms with E-state index >= 15 is 0 Å². The van der Waals surface area contributed by atoms with Crippen molar-refractivity contribution in [2.45, 2.75) is 45.4 Å². The third-order valence-electron chi connectivity index (χ3n) is 4.05. The predicted octanol–water partition coefficient (Wildman–Crippen LogP) is 6.62. The maximum absolute atomic E-state index is 6.51. The molecule has 0 radical (unpaired) electrons. The van der Waals surface area contributed by atoms with Crippen LogP contribution in [0.15, 0.2) is 42.5 Å². The summed E-state index contributed by atoms with van der Waals surface area (Å²) in [5.74, 6) is 0. The molecule has 2 heteroatoms. The van der Waals surface area contributed by atoms with Gasteiger partial charge >= 0.3 is 0 Å². The first-order valence-corrected chi connectivity index (χ1v) is 7.94. The largest absolute Gasteiger partial charge is 0.0843 e. The number of hydrogen-bond donors (Lipinski definition) is 0. The third-order valence-corrected chi connectivity index (χ3v) is 4.59. The lowest BCUT2D eigenvalue weighted by molar-refractivity contribution is 0.587. The summed E-state index contributed by atoms with van der Waals surface area (Å²) in [6, 6.07) is 14.4. The molecule has 0 saturated heterocycles. The van der Waals surface area contributed by atoms with Crippen molar-refractivity contribution in [1.29, 1.82) is 0 Å². The maximum atomic E-state index is 6.51. The smallest absolute Gasteiger partial charge is 0.0446 e. The molecule has 0 amide bonds. The monoisotopic (exact) mass is 320 g/mol. The SMILES string of the molecule is CC(C)(C)c1ccc(C(C)(C)c2cccc(Cl)c2)cc1Cl. The first kappa shape index (κ1) is 16.4. The maximum Gasteiger partial charge on any atom is 0.0446 e. The van der Waals surface area contributed by atoms with E-state index in [9.17, 15) is 0 Å². The Morgan fingerprint density at radius 2 is 1.38 bits per heavy atom. The van der Waals surface area contributed by atoms with Crippen LogP contribution in [-0.4, -0.2) is 0 Å². The molecule has 0 heterocycles. The molecule has 21 heavy (non-hydrogen) atoms. The van der Waals surface area contributed by atoms with E-state index in [1.165, 1.54) is 16.7 Å². The Labute approximate surface area is 138 Å². The molecule has 0 N–H and O–H groups in total. The van der Waals surface area contributed by atoms with Gasteiger partial charge in [-0.15, -0.1) is 0 Å². The van der Waals surface area contributed by atoms with Crippen molar-refractivity contribution in [3.05, 3.63) is 69.2 Å². The van der Waals surface area contributed by atoms with Crippen molar-refractivity contribution in [3.8, 4) is 0 Å². The molecule has 0 atom stereocenters. The van der Waals surface area contributed by atoms with Gasteiger partial charge in [0.05, 0.1) is 0 Å². The summed E-state index contributed by atoms with van der Waals surface area (Å²) >= 11 is 12.6. The van der Waals surface area contributed by atoms with Crippen LogP contribution in [0, 0.1) is 0 Å². The highest BCUT2D eigenvalue weighted by atomic mass is 35.5. The van der Waals surface area contributed by atoms with Crippen LogP contribution in [0.25, 0.3) is 0 Å². The molecule has 0 spiro atoms. The fourth-order valence-corrected chi connectivity index (χ4v) is 3.21. The highest BCUT2D eigenvalue weighted by Gasteiger charge is 2.25. The fraction of sp³-hybridized carbons (Fsp3) is 0.368. The van der Waals surface area contributed by atoms with E-state index in [0.29, 0.717) is 0 Å². The minimum Gasteiger partial charge on any atom is -0.0843 e. The van der Waals surface area contributed by atoms with Crippen molar-refractivity contribution in [2.24, 2.45) is 0 Å². The molecule has 0 aromatic heterocycles. The molecule has 0 bridgehead atoms. The lowest BCUT2D eigenvalue weighted by atomic mass is 9.76. The lowest BCUT2D eigenvalue weighted by Crippen LogP contribution is -2.20. The van der Waals surface area contributed by atoms with Crippen molar-refractivity contribution >= 4 is 23.2 Å². The molecule has 2 rings (SSSR count). The Morgan fingerprint density at radius 3 is 1.90 bits per heavy atom. The van der Waals surface area contributed by atoms with Crippen LogP contribution in [0.5, 0.6) is 0 Å². The normalized spacial score (nSPS) is 12.5. The van der Waals surface area contributed by atoms with Crippen molar-refractivity contribution in [2.75, 3.05) is 0 Å². The van der Waals surface area contributed by atoms with E-state index in [0.717, 1.165) is 10.0 Å². The second-order valence-corrected chi connectivity index (χ2v) is 7.92. The Bertz CT molecular complexity index is 649. The topological polar surface area (TPSA) is 0 Å². The Morgan fingerprint density at radius 1 is 0.762 bits per heavy atom. The van der Waals surface area contributed by atoms with Crippen molar-refractivity contribution < 1.29 is 0 Å². The average molecular weight is 321 g/mol. The Balaban J connectivity index is 2.49. The second-order valence-electron chi connectivity index (χ2n) is 7.08. The highest BCUT2D eigenvalue weighted by molar-refractivity contribution is 6.31. The fourth-order valence-electron chi connectivity index (χ4n) is 2.56. The Hall–Kier alpha value is -0.980. The summed E-state index contributed by atoms with van der Waals surface area (Å²) in [4.78, 5) is 0. The zero-order chi connectivity index (χ0) is 15.8. The van der Waals surface area contributed by atoms with Gasteiger partial charge in [0.25, 0.3) is 0 Å². The molecular formula is C19H22Cl2. The minimum atomic E-state index is -0.134. The first-order valence-electron chi connectivity index (χ1n) is 7.19. The standard InChI is InChI=1S/C19H22Cl2/c1-18(2,3)16-10-9-14(12-17(16)21)19(4,5)13-7-6-8-15(20)11-13/h6-12H,1-5H3. The summed E-state index contributed by atoms with van der Waals surface area (Å²) in [6.07, 6.45) is 0. The van der Waals surface area contributed by atoms with Gasteiger partial charge in [-0.3, -0.25) is 0 Å². The molecule has 0 saturated carbocycles. The molecule has 0 aliphatic carbocycles. The van der Waals surface area contributed by atoms with Gasteiger partial charge in [0.15, 0.2) is 0 Å². The number of rotatable bonds is 2. The molecule has 112 valence electrons. The first-order chi connectivity index (χ1) is 9.62. The Kier molecular flexibility index (Phi) is 4.42. The van der Waals surface area contributed by atoms with Gasteiger partial charge in [-0.05, 0) is 40.3 Å². The molecule has 2 aromatic carbocycles. The minimum absolute atomic E-state index is 0.0514. The van der Waals surface area contributed by atoms with Crippen LogP contribution in [0.3, 0.4) is 0 Å². The van der Waals surface area contributed by atoms with Gasteiger partial charge < -0.3 is 0 Å². The van der Waals surface area contributed by atoms with E-state index in [2.05, 4.69) is 58.9 Å². The average Bonchev–Trinajstić information content (AvgIpc) is 2.37. The van der Waals surface area contributed by atoms with Crippen molar-refractivity contribution in [1.82, 2.24) is 0 Å². The van der Waals surface area contributed by atoms with Crippen molar-refractivity contribution in [3.63, 3.8) is 0 Å². The van der Waals surface area contributed by atoms with Gasteiger partial charge in [0.2, 0.25) is 0 Å². The summed E-state index contributed by atoms with van der Waals surface area (Å²) in [5.41, 5.74) is 3.48. The van der Waals surface area contributed by atoms with E-state index in [1.807, 2.05) is 18.2 Å². The van der Waals surface area contributed by atoms with Crippen LogP contribution in [0.2, 0.25) is 10.0 Å². The summed E-state index contributed by atoms with van der Waals surface area (Å²) in [5, 5.41) is 1.59. The number of hydrogen-bond acceptors (Lipinski definition) is 0. The molecule has 0 unspecified atom stereocenters. The van der Waals surface area contributed by atoms with Gasteiger partial charge in [0.1, 0.15) is 0 Å². The number of benzene rings is 2. The molecule has 0 nitrogen and oxygen atoms in total. The van der Waals surface area contributed by atoms with Crippen LogP contribution in [0.1, 0.15) is 51.3 Å². The van der Waals surface area contributed by atoms with E-state index in [4.69, 9.17) is 23.2 Å². The van der Waals surface area contributed by atoms with Crippen LogP contribution >= 0.6 is 23.2 Å². The summed E-state index contributed by atoms with van der Waals surface area (Å²) in [7, 11) is 0. The molecule has 2 aromatic rings. The van der Waals surface area contributed by atoms with Gasteiger partial charge in [-0.1, -0.05) is 82.1 Å². The van der Waals surface area contributed by atoms with E-state index in [-0.39, 0.29) is 10.8 Å². The van der Waals surface area contributed by atoms with Gasteiger partial charge in [-0.25, -0.2) is 0 Å².